The van der Waals surface area contributed by atoms with Gasteiger partial charge in [-0.2, -0.15) is 0 Å². The maximum atomic E-state index is 12.1. The summed E-state index contributed by atoms with van der Waals surface area (Å²) in [7, 11) is 0. The average Bonchev–Trinajstić information content (AvgIpc) is 3.27. The standard InChI is InChI=1S/C15H27N3O2/c1-2-3-4-9-16-14(19)12-6-5-10-18(11-12)15(20)17-13-7-8-13/h12-13H,2-11H2,1H3,(H,16,19)(H,17,20). The van der Waals surface area contributed by atoms with Crippen LogP contribution in [0.5, 0.6) is 0 Å². The molecule has 20 heavy (non-hydrogen) atoms. The predicted molar refractivity (Wildman–Crippen MR) is 78.4 cm³/mol. The van der Waals surface area contributed by atoms with Gasteiger partial charge in [-0.1, -0.05) is 19.8 Å². The molecule has 0 bridgehead atoms. The van der Waals surface area contributed by atoms with Crippen LogP contribution >= 0.6 is 0 Å². The van der Waals surface area contributed by atoms with Gasteiger partial charge in [-0.25, -0.2) is 4.79 Å². The molecule has 1 heterocycles. The van der Waals surface area contributed by atoms with Gasteiger partial charge in [0.1, 0.15) is 0 Å². The predicted octanol–water partition coefficient (Wildman–Crippen LogP) is 1.88. The zero-order valence-electron chi connectivity index (χ0n) is 12.5. The van der Waals surface area contributed by atoms with E-state index in [9.17, 15) is 9.59 Å². The van der Waals surface area contributed by atoms with Gasteiger partial charge in [-0.15, -0.1) is 0 Å². The van der Waals surface area contributed by atoms with Crippen LogP contribution in [0.3, 0.4) is 0 Å². The van der Waals surface area contributed by atoms with Crippen LogP contribution in [0.4, 0.5) is 4.79 Å². The van der Waals surface area contributed by atoms with E-state index in [1.807, 2.05) is 0 Å². The van der Waals surface area contributed by atoms with Gasteiger partial charge in [-0.3, -0.25) is 4.79 Å². The molecule has 5 heteroatoms. The van der Waals surface area contributed by atoms with Gasteiger partial charge in [0.2, 0.25) is 5.91 Å². The van der Waals surface area contributed by atoms with Crippen molar-refractivity contribution in [3.8, 4) is 0 Å². The van der Waals surface area contributed by atoms with Gasteiger partial charge < -0.3 is 15.5 Å². The number of nitrogens with one attached hydrogen (secondary N) is 2. The fourth-order valence-corrected chi connectivity index (χ4v) is 2.60. The fraction of sp³-hybridized carbons (Fsp3) is 0.867. The van der Waals surface area contributed by atoms with Crippen LogP contribution in [0.25, 0.3) is 0 Å². The average molecular weight is 281 g/mol. The van der Waals surface area contributed by atoms with Crippen LogP contribution in [0, 0.1) is 5.92 Å². The topological polar surface area (TPSA) is 61.4 Å². The van der Waals surface area contributed by atoms with Crippen LogP contribution in [-0.4, -0.2) is 42.5 Å². The van der Waals surface area contributed by atoms with E-state index in [1.54, 1.807) is 4.90 Å². The molecule has 1 aliphatic carbocycles. The van der Waals surface area contributed by atoms with E-state index in [-0.39, 0.29) is 17.9 Å². The molecule has 3 amide bonds. The zero-order chi connectivity index (χ0) is 14.4. The maximum Gasteiger partial charge on any atom is 0.317 e. The van der Waals surface area contributed by atoms with Crippen molar-refractivity contribution in [2.45, 2.75) is 57.9 Å². The molecule has 114 valence electrons. The first kappa shape index (κ1) is 15.1. The highest BCUT2D eigenvalue weighted by Gasteiger charge is 2.31. The van der Waals surface area contributed by atoms with Crippen LogP contribution in [0.15, 0.2) is 0 Å². The molecule has 2 rings (SSSR count). The summed E-state index contributed by atoms with van der Waals surface area (Å²) in [6.07, 6.45) is 7.37. The lowest BCUT2D eigenvalue weighted by Crippen LogP contribution is -2.49. The highest BCUT2D eigenvalue weighted by Crippen LogP contribution is 2.21. The van der Waals surface area contributed by atoms with E-state index in [0.29, 0.717) is 12.6 Å². The Bertz CT molecular complexity index is 342. The molecule has 0 aromatic carbocycles. The second-order valence-electron chi connectivity index (χ2n) is 6.01. The van der Waals surface area contributed by atoms with E-state index in [2.05, 4.69) is 17.6 Å². The van der Waals surface area contributed by atoms with E-state index < -0.39 is 0 Å². The first-order valence-electron chi connectivity index (χ1n) is 8.04. The quantitative estimate of drug-likeness (QED) is 0.730. The lowest BCUT2D eigenvalue weighted by atomic mass is 9.97. The summed E-state index contributed by atoms with van der Waals surface area (Å²) in [5.41, 5.74) is 0. The number of carbonyl (C=O) groups is 2. The van der Waals surface area contributed by atoms with E-state index in [4.69, 9.17) is 0 Å². The maximum absolute atomic E-state index is 12.1. The fourth-order valence-electron chi connectivity index (χ4n) is 2.60. The van der Waals surface area contributed by atoms with Crippen molar-refractivity contribution < 1.29 is 9.59 Å². The lowest BCUT2D eigenvalue weighted by molar-refractivity contribution is -0.126. The molecule has 5 nitrogen and oxygen atoms in total. The Morgan fingerprint density at radius 3 is 2.70 bits per heavy atom. The van der Waals surface area contributed by atoms with Crippen LogP contribution in [-0.2, 0) is 4.79 Å². The number of nitrogens with zero attached hydrogens (tertiary/aromatic N) is 1. The Labute approximate surface area is 121 Å². The molecule has 2 aliphatic rings. The van der Waals surface area contributed by atoms with E-state index in [1.165, 1.54) is 0 Å². The summed E-state index contributed by atoms with van der Waals surface area (Å²) in [6, 6.07) is 0.390. The zero-order valence-corrected chi connectivity index (χ0v) is 12.5. The molecule has 1 atom stereocenters. The van der Waals surface area contributed by atoms with Gasteiger partial charge in [0.05, 0.1) is 5.92 Å². The van der Waals surface area contributed by atoms with Crippen molar-refractivity contribution in [2.24, 2.45) is 5.92 Å². The number of unbranched alkanes of at least 4 members (excludes halogenated alkanes) is 2. The van der Waals surface area contributed by atoms with Gasteiger partial charge in [0.25, 0.3) is 0 Å². The SMILES string of the molecule is CCCCCNC(=O)C1CCCN(C(=O)NC2CC2)C1. The first-order valence-corrected chi connectivity index (χ1v) is 8.04. The van der Waals surface area contributed by atoms with Crippen molar-refractivity contribution >= 4 is 11.9 Å². The second kappa shape index (κ2) is 7.50. The van der Waals surface area contributed by atoms with Crippen LogP contribution in [0.2, 0.25) is 0 Å². The number of hydrogen-bond acceptors (Lipinski definition) is 2. The molecule has 2 fully saturated rings. The van der Waals surface area contributed by atoms with Crippen molar-refractivity contribution in [2.75, 3.05) is 19.6 Å². The molecule has 1 saturated heterocycles. The lowest BCUT2D eigenvalue weighted by Gasteiger charge is -2.32. The molecular formula is C15H27N3O2. The minimum atomic E-state index is -0.0321. The Morgan fingerprint density at radius 2 is 2.00 bits per heavy atom. The third kappa shape index (κ3) is 4.69. The van der Waals surface area contributed by atoms with Crippen molar-refractivity contribution in [1.29, 1.82) is 0 Å². The summed E-state index contributed by atoms with van der Waals surface area (Å²) in [5, 5.41) is 6.00. The molecule has 1 aliphatic heterocycles. The highest BCUT2D eigenvalue weighted by atomic mass is 16.2. The number of hydrogen-bond donors (Lipinski definition) is 2. The number of amides is 3. The van der Waals surface area contributed by atoms with E-state index in [0.717, 1.165) is 58.0 Å². The van der Waals surface area contributed by atoms with Crippen LogP contribution < -0.4 is 10.6 Å². The molecule has 1 saturated carbocycles. The number of urea groups is 1. The molecule has 0 spiro atoms. The Morgan fingerprint density at radius 1 is 1.20 bits per heavy atom. The third-order valence-electron chi connectivity index (χ3n) is 4.06. The normalized spacial score (nSPS) is 22.4. The molecule has 1 unspecified atom stereocenters. The number of piperidine rings is 1. The molecule has 0 aromatic rings. The Balaban J connectivity index is 1.71. The summed E-state index contributed by atoms with van der Waals surface area (Å²) in [6.45, 7) is 4.26. The molecule has 0 aromatic heterocycles. The van der Waals surface area contributed by atoms with Gasteiger partial charge in [-0.05, 0) is 32.1 Å². The summed E-state index contributed by atoms with van der Waals surface area (Å²) in [5.74, 6) is 0.0837. The van der Waals surface area contributed by atoms with Crippen molar-refractivity contribution in [1.82, 2.24) is 15.5 Å². The monoisotopic (exact) mass is 281 g/mol. The summed E-state index contributed by atoms with van der Waals surface area (Å²) < 4.78 is 0. The van der Waals surface area contributed by atoms with Gasteiger partial charge in [0, 0.05) is 25.7 Å². The minimum absolute atomic E-state index is 0.0102. The minimum Gasteiger partial charge on any atom is -0.356 e. The molecule has 2 N–H and O–H groups in total. The van der Waals surface area contributed by atoms with E-state index >= 15 is 0 Å². The largest absolute Gasteiger partial charge is 0.356 e. The van der Waals surface area contributed by atoms with Crippen molar-refractivity contribution in [3.63, 3.8) is 0 Å². The smallest absolute Gasteiger partial charge is 0.317 e. The van der Waals surface area contributed by atoms with Gasteiger partial charge in [0.15, 0.2) is 0 Å². The van der Waals surface area contributed by atoms with Crippen LogP contribution in [0.1, 0.15) is 51.9 Å². The Kier molecular flexibility index (Phi) is 5.68. The Hall–Kier alpha value is -1.26. The number of rotatable bonds is 6. The number of carbonyl (C=O) groups excluding carboxylic acids is 2. The summed E-state index contributed by atoms with van der Waals surface area (Å²) in [4.78, 5) is 25.9. The number of likely N-dealkylation sites (tertiary alicyclic amines) is 1. The third-order valence-corrected chi connectivity index (χ3v) is 4.06. The van der Waals surface area contributed by atoms with Crippen molar-refractivity contribution in [3.05, 3.63) is 0 Å². The first-order chi connectivity index (χ1) is 9.70. The second-order valence-corrected chi connectivity index (χ2v) is 6.01. The summed E-state index contributed by atoms with van der Waals surface area (Å²) >= 11 is 0. The highest BCUT2D eigenvalue weighted by molar-refractivity contribution is 5.81. The molecular weight excluding hydrogens is 254 g/mol. The van der Waals surface area contributed by atoms with Gasteiger partial charge >= 0.3 is 6.03 Å². The molecule has 0 radical (unpaired) electrons.